The molecule has 17 heavy (non-hydrogen) atoms. The zero-order valence-corrected chi connectivity index (χ0v) is 10.3. The number of ether oxygens (including phenoxy) is 1. The standard InChI is InChI=1S/C12H18N4O/c1-16(2)6-8-17-7-5-15-11-3-4-14-12(9-11)10-13/h3-4,9H,5-8H2,1-2H3,(H,14,15). The van der Waals surface area contributed by atoms with Crippen molar-refractivity contribution in [1.82, 2.24) is 9.88 Å². The van der Waals surface area contributed by atoms with E-state index in [0.29, 0.717) is 12.3 Å². The summed E-state index contributed by atoms with van der Waals surface area (Å²) in [7, 11) is 4.03. The average molecular weight is 234 g/mol. The Bertz CT molecular complexity index is 373. The quantitative estimate of drug-likeness (QED) is 0.711. The van der Waals surface area contributed by atoms with E-state index in [1.807, 2.05) is 26.2 Å². The van der Waals surface area contributed by atoms with E-state index in [1.165, 1.54) is 0 Å². The minimum absolute atomic E-state index is 0.420. The molecule has 5 nitrogen and oxygen atoms in total. The molecule has 0 amide bonds. The first-order valence-corrected chi connectivity index (χ1v) is 5.55. The predicted octanol–water partition coefficient (Wildman–Crippen LogP) is 0.943. The van der Waals surface area contributed by atoms with Gasteiger partial charge in [-0.15, -0.1) is 0 Å². The summed E-state index contributed by atoms with van der Waals surface area (Å²) in [5.41, 5.74) is 1.32. The van der Waals surface area contributed by atoms with Crippen LogP contribution in [-0.4, -0.2) is 50.3 Å². The van der Waals surface area contributed by atoms with Crippen LogP contribution in [0.2, 0.25) is 0 Å². The van der Waals surface area contributed by atoms with Gasteiger partial charge in [0.15, 0.2) is 0 Å². The molecule has 1 N–H and O–H groups in total. The molecular formula is C12H18N4O. The fourth-order valence-corrected chi connectivity index (χ4v) is 1.22. The van der Waals surface area contributed by atoms with Crippen molar-refractivity contribution >= 4 is 5.69 Å². The van der Waals surface area contributed by atoms with Gasteiger partial charge in [0.25, 0.3) is 0 Å². The van der Waals surface area contributed by atoms with E-state index in [4.69, 9.17) is 10.00 Å². The number of aromatic nitrogens is 1. The van der Waals surface area contributed by atoms with Gasteiger partial charge in [-0.05, 0) is 26.2 Å². The fraction of sp³-hybridized carbons (Fsp3) is 0.500. The number of nitrogens with one attached hydrogen (secondary N) is 1. The van der Waals surface area contributed by atoms with Crippen molar-refractivity contribution in [3.63, 3.8) is 0 Å². The van der Waals surface area contributed by atoms with Crippen LogP contribution in [0, 0.1) is 11.3 Å². The van der Waals surface area contributed by atoms with Gasteiger partial charge in [-0.3, -0.25) is 0 Å². The third kappa shape index (κ3) is 5.85. The van der Waals surface area contributed by atoms with Crippen molar-refractivity contribution in [1.29, 1.82) is 5.26 Å². The molecule has 0 aliphatic rings. The molecule has 1 rings (SSSR count). The molecule has 0 aliphatic carbocycles. The smallest absolute Gasteiger partial charge is 0.142 e. The molecule has 0 unspecified atom stereocenters. The van der Waals surface area contributed by atoms with Crippen LogP contribution >= 0.6 is 0 Å². The highest BCUT2D eigenvalue weighted by atomic mass is 16.5. The number of likely N-dealkylation sites (N-methyl/N-ethyl adjacent to an activating group) is 1. The van der Waals surface area contributed by atoms with E-state index >= 15 is 0 Å². The highest BCUT2D eigenvalue weighted by Crippen LogP contribution is 2.06. The summed E-state index contributed by atoms with van der Waals surface area (Å²) < 4.78 is 5.44. The van der Waals surface area contributed by atoms with Crippen LogP contribution in [-0.2, 0) is 4.74 Å². The monoisotopic (exact) mass is 234 g/mol. The van der Waals surface area contributed by atoms with Gasteiger partial charge in [0, 0.05) is 25.0 Å². The second-order valence-electron chi connectivity index (χ2n) is 3.88. The Morgan fingerprint density at radius 2 is 2.29 bits per heavy atom. The first-order valence-electron chi connectivity index (χ1n) is 5.55. The summed E-state index contributed by atoms with van der Waals surface area (Å²) in [5.74, 6) is 0. The number of nitrogens with zero attached hydrogens (tertiary/aromatic N) is 3. The lowest BCUT2D eigenvalue weighted by molar-refractivity contribution is 0.126. The molecule has 0 saturated heterocycles. The van der Waals surface area contributed by atoms with Crippen molar-refractivity contribution in [3.8, 4) is 6.07 Å². The van der Waals surface area contributed by atoms with Gasteiger partial charge in [0.05, 0.1) is 13.2 Å². The van der Waals surface area contributed by atoms with Gasteiger partial charge in [-0.25, -0.2) is 4.98 Å². The third-order valence-corrected chi connectivity index (χ3v) is 2.13. The maximum atomic E-state index is 8.69. The summed E-state index contributed by atoms with van der Waals surface area (Å²) in [4.78, 5) is 5.98. The lowest BCUT2D eigenvalue weighted by Crippen LogP contribution is -2.20. The number of hydrogen-bond acceptors (Lipinski definition) is 5. The number of anilines is 1. The first kappa shape index (κ1) is 13.4. The highest BCUT2D eigenvalue weighted by molar-refractivity contribution is 5.45. The molecule has 92 valence electrons. The van der Waals surface area contributed by atoms with Crippen molar-refractivity contribution in [3.05, 3.63) is 24.0 Å². The number of hydrogen-bond donors (Lipinski definition) is 1. The van der Waals surface area contributed by atoms with Crippen molar-refractivity contribution in [2.45, 2.75) is 0 Å². The lowest BCUT2D eigenvalue weighted by atomic mass is 10.3. The molecule has 1 aromatic rings. The van der Waals surface area contributed by atoms with Gasteiger partial charge < -0.3 is 15.0 Å². The van der Waals surface area contributed by atoms with Gasteiger partial charge in [-0.1, -0.05) is 0 Å². The summed E-state index contributed by atoms with van der Waals surface area (Å²) in [6, 6.07) is 5.56. The predicted molar refractivity (Wildman–Crippen MR) is 66.8 cm³/mol. The Labute approximate surface area is 102 Å². The minimum atomic E-state index is 0.420. The maximum absolute atomic E-state index is 8.69. The Kier molecular flexibility index (Phi) is 6.00. The zero-order valence-electron chi connectivity index (χ0n) is 10.3. The van der Waals surface area contributed by atoms with E-state index < -0.39 is 0 Å². The Balaban J connectivity index is 2.16. The zero-order chi connectivity index (χ0) is 12.5. The van der Waals surface area contributed by atoms with Crippen molar-refractivity contribution < 1.29 is 4.74 Å². The Hall–Kier alpha value is -1.64. The molecule has 0 aromatic carbocycles. The van der Waals surface area contributed by atoms with Gasteiger partial charge in [0.1, 0.15) is 11.8 Å². The second kappa shape index (κ2) is 7.60. The Morgan fingerprint density at radius 3 is 3.00 bits per heavy atom. The van der Waals surface area contributed by atoms with E-state index in [9.17, 15) is 0 Å². The van der Waals surface area contributed by atoms with Gasteiger partial charge in [0.2, 0.25) is 0 Å². The summed E-state index contributed by atoms with van der Waals surface area (Å²) >= 11 is 0. The molecular weight excluding hydrogens is 216 g/mol. The minimum Gasteiger partial charge on any atom is -0.383 e. The lowest BCUT2D eigenvalue weighted by Gasteiger charge is -2.10. The second-order valence-corrected chi connectivity index (χ2v) is 3.88. The largest absolute Gasteiger partial charge is 0.383 e. The molecule has 0 aliphatic heterocycles. The van der Waals surface area contributed by atoms with E-state index in [0.717, 1.165) is 25.4 Å². The average Bonchev–Trinajstić information content (AvgIpc) is 2.33. The van der Waals surface area contributed by atoms with E-state index in [2.05, 4.69) is 15.2 Å². The molecule has 5 heteroatoms. The number of rotatable bonds is 7. The normalized spacial score (nSPS) is 10.2. The van der Waals surface area contributed by atoms with Crippen LogP contribution in [0.25, 0.3) is 0 Å². The SMILES string of the molecule is CN(C)CCOCCNc1ccnc(C#N)c1. The summed E-state index contributed by atoms with van der Waals surface area (Å²) in [5, 5.41) is 11.9. The fourth-order valence-electron chi connectivity index (χ4n) is 1.22. The molecule has 0 bridgehead atoms. The molecule has 0 spiro atoms. The van der Waals surface area contributed by atoms with Crippen LogP contribution in [0.3, 0.4) is 0 Å². The van der Waals surface area contributed by atoms with Crippen LogP contribution in [0.5, 0.6) is 0 Å². The maximum Gasteiger partial charge on any atom is 0.142 e. The van der Waals surface area contributed by atoms with Crippen LogP contribution in [0.4, 0.5) is 5.69 Å². The molecule has 0 saturated carbocycles. The summed E-state index contributed by atoms with van der Waals surface area (Å²) in [6.45, 7) is 3.03. The van der Waals surface area contributed by atoms with Crippen LogP contribution in [0.1, 0.15) is 5.69 Å². The Morgan fingerprint density at radius 1 is 1.47 bits per heavy atom. The first-order chi connectivity index (χ1) is 8.22. The van der Waals surface area contributed by atoms with Crippen LogP contribution < -0.4 is 5.32 Å². The van der Waals surface area contributed by atoms with E-state index in [1.54, 1.807) is 12.3 Å². The summed E-state index contributed by atoms with van der Waals surface area (Å²) in [6.07, 6.45) is 1.62. The molecule has 0 fully saturated rings. The van der Waals surface area contributed by atoms with Crippen molar-refractivity contribution in [2.24, 2.45) is 0 Å². The topological polar surface area (TPSA) is 61.2 Å². The van der Waals surface area contributed by atoms with Gasteiger partial charge >= 0.3 is 0 Å². The third-order valence-electron chi connectivity index (χ3n) is 2.13. The van der Waals surface area contributed by atoms with E-state index in [-0.39, 0.29) is 0 Å². The molecule has 0 atom stereocenters. The van der Waals surface area contributed by atoms with Gasteiger partial charge in [-0.2, -0.15) is 5.26 Å². The van der Waals surface area contributed by atoms with Crippen molar-refractivity contribution in [2.75, 3.05) is 45.7 Å². The molecule has 1 heterocycles. The number of pyridine rings is 1. The molecule has 0 radical (unpaired) electrons. The highest BCUT2D eigenvalue weighted by Gasteiger charge is 1.95. The van der Waals surface area contributed by atoms with Crippen LogP contribution in [0.15, 0.2) is 18.3 Å². The number of nitriles is 1. The molecule has 1 aromatic heterocycles.